The van der Waals surface area contributed by atoms with Crippen LogP contribution in [0.5, 0.6) is 0 Å². The number of nitrogen functional groups attached to an aromatic ring is 1. The molecule has 0 unspecified atom stereocenters. The van der Waals surface area contributed by atoms with Crippen molar-refractivity contribution in [3.05, 3.63) is 24.3 Å². The molecule has 2 bridgehead atoms. The molecule has 2 aliphatic rings. The average Bonchev–Trinajstić information content (AvgIpc) is 2.97. The molecule has 0 aromatic heterocycles. The van der Waals surface area contributed by atoms with Gasteiger partial charge in [-0.25, -0.2) is 4.79 Å². The van der Waals surface area contributed by atoms with Crippen molar-refractivity contribution in [1.29, 1.82) is 0 Å². The highest BCUT2D eigenvalue weighted by molar-refractivity contribution is 5.70. The van der Waals surface area contributed by atoms with Gasteiger partial charge < -0.3 is 20.3 Å². The van der Waals surface area contributed by atoms with Gasteiger partial charge in [0, 0.05) is 30.5 Å². The predicted molar refractivity (Wildman–Crippen MR) is 83.3 cm³/mol. The Bertz CT molecular complexity index is 535. The summed E-state index contributed by atoms with van der Waals surface area (Å²) in [6.45, 7) is 7.32. The second-order valence-corrected chi connectivity index (χ2v) is 6.92. The summed E-state index contributed by atoms with van der Waals surface area (Å²) in [6, 6.07) is 8.58. The third kappa shape index (κ3) is 2.77. The number of anilines is 2. The molecule has 2 atom stereocenters. The number of rotatable bonds is 1. The molecule has 1 amide bonds. The van der Waals surface area contributed by atoms with E-state index in [4.69, 9.17) is 10.5 Å². The Morgan fingerprint density at radius 2 is 1.86 bits per heavy atom. The lowest BCUT2D eigenvalue weighted by atomic mass is 10.2. The Morgan fingerprint density at radius 1 is 1.19 bits per heavy atom. The van der Waals surface area contributed by atoms with Gasteiger partial charge in [-0.05, 0) is 51.5 Å². The number of piperazine rings is 1. The number of carbonyl (C=O) groups is 1. The molecule has 2 saturated heterocycles. The lowest BCUT2D eigenvalue weighted by molar-refractivity contribution is 0.0215. The van der Waals surface area contributed by atoms with Crippen LogP contribution in [0.4, 0.5) is 16.2 Å². The number of nitrogens with two attached hydrogens (primary N) is 1. The minimum Gasteiger partial charge on any atom is -0.444 e. The van der Waals surface area contributed by atoms with Crippen LogP contribution in [0.1, 0.15) is 27.2 Å². The van der Waals surface area contributed by atoms with Crippen molar-refractivity contribution >= 4 is 17.5 Å². The van der Waals surface area contributed by atoms with Crippen LogP contribution in [-0.4, -0.2) is 41.8 Å². The van der Waals surface area contributed by atoms with E-state index in [0.717, 1.165) is 25.2 Å². The second-order valence-electron chi connectivity index (χ2n) is 6.92. The van der Waals surface area contributed by atoms with E-state index in [9.17, 15) is 4.79 Å². The number of carbonyl (C=O) groups excluding carboxylic acids is 1. The molecule has 21 heavy (non-hydrogen) atoms. The van der Waals surface area contributed by atoms with E-state index >= 15 is 0 Å². The summed E-state index contributed by atoms with van der Waals surface area (Å²) in [5.41, 5.74) is 7.26. The summed E-state index contributed by atoms with van der Waals surface area (Å²) in [5, 5.41) is 0. The van der Waals surface area contributed by atoms with Crippen molar-refractivity contribution in [2.24, 2.45) is 0 Å². The van der Waals surface area contributed by atoms with Gasteiger partial charge in [0.15, 0.2) is 0 Å². The summed E-state index contributed by atoms with van der Waals surface area (Å²) in [4.78, 5) is 16.5. The highest BCUT2D eigenvalue weighted by Crippen LogP contribution is 2.35. The number of amides is 1. The summed E-state index contributed by atoms with van der Waals surface area (Å²) >= 11 is 0. The summed E-state index contributed by atoms with van der Waals surface area (Å²) in [5.74, 6) is 0. The molecule has 0 spiro atoms. The zero-order valence-corrected chi connectivity index (χ0v) is 12.9. The molecule has 0 saturated carbocycles. The maximum absolute atomic E-state index is 12.2. The lowest BCUT2D eigenvalue weighted by Gasteiger charge is -2.36. The van der Waals surface area contributed by atoms with E-state index in [2.05, 4.69) is 4.90 Å². The first-order valence-electron chi connectivity index (χ1n) is 7.45. The van der Waals surface area contributed by atoms with Gasteiger partial charge in [0.1, 0.15) is 5.60 Å². The maximum Gasteiger partial charge on any atom is 0.410 e. The van der Waals surface area contributed by atoms with Gasteiger partial charge in [0.25, 0.3) is 0 Å². The van der Waals surface area contributed by atoms with Crippen LogP contribution in [-0.2, 0) is 4.74 Å². The third-order valence-corrected chi connectivity index (χ3v) is 4.09. The fourth-order valence-electron chi connectivity index (χ4n) is 3.19. The van der Waals surface area contributed by atoms with Crippen molar-refractivity contribution in [1.82, 2.24) is 4.90 Å². The number of benzene rings is 1. The fraction of sp³-hybridized carbons (Fsp3) is 0.562. The van der Waals surface area contributed by atoms with Gasteiger partial charge in [0.05, 0.1) is 6.04 Å². The topological polar surface area (TPSA) is 58.8 Å². The van der Waals surface area contributed by atoms with Crippen LogP contribution in [0, 0.1) is 0 Å². The molecular weight excluding hydrogens is 266 g/mol. The molecular formula is C16H23N3O2. The Labute approximate surface area is 125 Å². The van der Waals surface area contributed by atoms with Crippen LogP contribution >= 0.6 is 0 Å². The number of ether oxygens (including phenoxy) is 1. The van der Waals surface area contributed by atoms with Crippen molar-refractivity contribution in [2.75, 3.05) is 23.7 Å². The first-order valence-corrected chi connectivity index (χ1v) is 7.45. The molecule has 2 fully saturated rings. The van der Waals surface area contributed by atoms with E-state index in [1.54, 1.807) is 0 Å². The Balaban J connectivity index is 1.66. The first-order chi connectivity index (χ1) is 9.83. The second kappa shape index (κ2) is 4.83. The van der Waals surface area contributed by atoms with Crippen LogP contribution in [0.3, 0.4) is 0 Å². The van der Waals surface area contributed by atoms with Crippen molar-refractivity contribution < 1.29 is 9.53 Å². The van der Waals surface area contributed by atoms with Gasteiger partial charge in [0.2, 0.25) is 0 Å². The van der Waals surface area contributed by atoms with Gasteiger partial charge in [-0.1, -0.05) is 0 Å². The van der Waals surface area contributed by atoms with Crippen LogP contribution < -0.4 is 10.6 Å². The average molecular weight is 289 g/mol. The SMILES string of the molecule is CC(C)(C)OC(=O)N1C[C@@H]2C[C@H]1CN2c1ccc(N)cc1. The number of hydrogen-bond acceptors (Lipinski definition) is 4. The molecule has 5 nitrogen and oxygen atoms in total. The van der Waals surface area contributed by atoms with Crippen LogP contribution in [0.2, 0.25) is 0 Å². The lowest BCUT2D eigenvalue weighted by Crippen LogP contribution is -2.50. The smallest absolute Gasteiger partial charge is 0.410 e. The van der Waals surface area contributed by atoms with E-state index in [1.807, 2.05) is 49.9 Å². The molecule has 0 aliphatic carbocycles. The zero-order valence-electron chi connectivity index (χ0n) is 12.9. The molecule has 114 valence electrons. The molecule has 0 radical (unpaired) electrons. The van der Waals surface area contributed by atoms with Gasteiger partial charge in [-0.3, -0.25) is 0 Å². The summed E-state index contributed by atoms with van der Waals surface area (Å²) in [7, 11) is 0. The highest BCUT2D eigenvalue weighted by atomic mass is 16.6. The quantitative estimate of drug-likeness (QED) is 0.807. The first kappa shape index (κ1) is 14.0. The number of likely N-dealkylation sites (tertiary alicyclic amines) is 1. The number of fused-ring (bicyclic) bond motifs is 2. The minimum absolute atomic E-state index is 0.188. The third-order valence-electron chi connectivity index (χ3n) is 4.09. The summed E-state index contributed by atoms with van der Waals surface area (Å²) < 4.78 is 5.48. The number of hydrogen-bond donors (Lipinski definition) is 1. The van der Waals surface area contributed by atoms with Crippen molar-refractivity contribution in [3.63, 3.8) is 0 Å². The van der Waals surface area contributed by atoms with E-state index in [1.165, 1.54) is 5.69 Å². The molecule has 5 heteroatoms. The molecule has 2 N–H and O–H groups in total. The van der Waals surface area contributed by atoms with Gasteiger partial charge in [-0.15, -0.1) is 0 Å². The largest absolute Gasteiger partial charge is 0.444 e. The van der Waals surface area contributed by atoms with Gasteiger partial charge in [-0.2, -0.15) is 0 Å². The van der Waals surface area contributed by atoms with Crippen LogP contribution in [0.25, 0.3) is 0 Å². The van der Waals surface area contributed by atoms with Gasteiger partial charge >= 0.3 is 6.09 Å². The van der Waals surface area contributed by atoms with E-state index < -0.39 is 5.60 Å². The molecule has 1 aromatic carbocycles. The maximum atomic E-state index is 12.2. The summed E-state index contributed by atoms with van der Waals surface area (Å²) in [6.07, 6.45) is 0.829. The molecule has 2 aliphatic heterocycles. The number of nitrogens with zero attached hydrogens (tertiary/aromatic N) is 2. The van der Waals surface area contributed by atoms with Crippen LogP contribution in [0.15, 0.2) is 24.3 Å². The van der Waals surface area contributed by atoms with Crippen molar-refractivity contribution in [3.8, 4) is 0 Å². The van der Waals surface area contributed by atoms with Crippen molar-refractivity contribution in [2.45, 2.75) is 44.9 Å². The Kier molecular flexibility index (Phi) is 3.23. The fourth-order valence-corrected chi connectivity index (χ4v) is 3.19. The molecule has 1 aromatic rings. The molecule has 3 rings (SSSR count). The minimum atomic E-state index is -0.435. The predicted octanol–water partition coefficient (Wildman–Crippen LogP) is 2.47. The highest BCUT2D eigenvalue weighted by Gasteiger charge is 2.46. The standard InChI is InChI=1S/C16H23N3O2/c1-16(2,3)21-15(20)19-10-13-8-14(19)9-18(13)12-6-4-11(17)5-7-12/h4-7,13-14H,8-10,17H2,1-3H3/t13-,14-/m0/s1. The Morgan fingerprint density at radius 3 is 2.38 bits per heavy atom. The Hall–Kier alpha value is -1.91. The normalized spacial score (nSPS) is 24.5. The van der Waals surface area contributed by atoms with E-state index in [-0.39, 0.29) is 12.1 Å². The monoisotopic (exact) mass is 289 g/mol. The molecule has 2 heterocycles. The van der Waals surface area contributed by atoms with E-state index in [0.29, 0.717) is 6.04 Å². The zero-order chi connectivity index (χ0) is 15.2.